The Morgan fingerprint density at radius 3 is 2.83 bits per heavy atom. The highest BCUT2D eigenvalue weighted by atomic mass is 16.1. The number of nitrogens with one attached hydrogen (secondary N) is 1. The van der Waals surface area contributed by atoms with Gasteiger partial charge in [0.1, 0.15) is 5.78 Å². The first-order chi connectivity index (χ1) is 5.70. The Hall–Kier alpha value is -0.370. The number of hydrogen-bond donors (Lipinski definition) is 1. The fourth-order valence-electron chi connectivity index (χ4n) is 1.61. The second-order valence-electron chi connectivity index (χ2n) is 3.95. The van der Waals surface area contributed by atoms with Gasteiger partial charge in [-0.05, 0) is 25.8 Å². The monoisotopic (exact) mass is 169 g/mol. The van der Waals surface area contributed by atoms with Crippen LogP contribution in [-0.4, -0.2) is 18.4 Å². The van der Waals surface area contributed by atoms with Crippen molar-refractivity contribution in [2.75, 3.05) is 6.54 Å². The van der Waals surface area contributed by atoms with Crippen LogP contribution >= 0.6 is 0 Å². The van der Waals surface area contributed by atoms with E-state index >= 15 is 0 Å². The minimum absolute atomic E-state index is 0.214. The average molecular weight is 169 g/mol. The van der Waals surface area contributed by atoms with Gasteiger partial charge in [-0.15, -0.1) is 0 Å². The van der Waals surface area contributed by atoms with Crippen LogP contribution < -0.4 is 5.32 Å². The van der Waals surface area contributed by atoms with E-state index in [0.717, 1.165) is 19.4 Å². The molecule has 0 radical (unpaired) electrons. The smallest absolute Gasteiger partial charge is 0.135 e. The zero-order valence-corrected chi connectivity index (χ0v) is 8.10. The third-order valence-corrected chi connectivity index (χ3v) is 2.55. The van der Waals surface area contributed by atoms with E-state index in [1.165, 1.54) is 12.8 Å². The van der Waals surface area contributed by atoms with Crippen molar-refractivity contribution in [3.05, 3.63) is 0 Å². The van der Waals surface area contributed by atoms with Crippen molar-refractivity contribution in [2.24, 2.45) is 5.92 Å². The average Bonchev–Trinajstić information content (AvgIpc) is 2.51. The molecule has 2 heteroatoms. The molecule has 1 aliphatic rings. The van der Waals surface area contributed by atoms with Crippen LogP contribution in [0.4, 0.5) is 0 Å². The number of carbonyl (C=O) groups is 1. The molecule has 0 aromatic carbocycles. The van der Waals surface area contributed by atoms with Crippen LogP contribution in [0.5, 0.6) is 0 Å². The third-order valence-electron chi connectivity index (χ3n) is 2.55. The van der Waals surface area contributed by atoms with E-state index in [1.54, 1.807) is 0 Å². The lowest BCUT2D eigenvalue weighted by Gasteiger charge is -2.09. The fourth-order valence-corrected chi connectivity index (χ4v) is 1.61. The molecule has 0 amide bonds. The van der Waals surface area contributed by atoms with E-state index in [0.29, 0.717) is 11.8 Å². The van der Waals surface area contributed by atoms with Gasteiger partial charge in [0.15, 0.2) is 0 Å². The number of hydrogen-bond acceptors (Lipinski definition) is 2. The van der Waals surface area contributed by atoms with Crippen molar-refractivity contribution >= 4 is 5.78 Å². The van der Waals surface area contributed by atoms with Gasteiger partial charge in [-0.3, -0.25) is 4.79 Å². The molecule has 1 heterocycles. The molecule has 0 aliphatic carbocycles. The first-order valence-electron chi connectivity index (χ1n) is 4.96. The van der Waals surface area contributed by atoms with Crippen LogP contribution in [0, 0.1) is 5.92 Å². The zero-order chi connectivity index (χ0) is 8.97. The lowest BCUT2D eigenvalue weighted by atomic mass is 10.0. The van der Waals surface area contributed by atoms with Crippen LogP contribution in [0.25, 0.3) is 0 Å². The van der Waals surface area contributed by atoms with Crippen LogP contribution in [0.1, 0.15) is 39.5 Å². The highest BCUT2D eigenvalue weighted by Crippen LogP contribution is 2.12. The van der Waals surface area contributed by atoms with E-state index in [2.05, 4.69) is 5.32 Å². The van der Waals surface area contributed by atoms with Gasteiger partial charge in [0.05, 0.1) is 0 Å². The number of carbonyl (C=O) groups excluding carboxylic acids is 1. The Morgan fingerprint density at radius 2 is 2.33 bits per heavy atom. The molecule has 0 unspecified atom stereocenters. The summed E-state index contributed by atoms with van der Waals surface area (Å²) >= 11 is 0. The standard InChI is InChI=1S/C10H19NO/c1-8(2)10(12)6-5-9-4-3-7-11-9/h8-9,11H,3-7H2,1-2H3/t9-/m1/s1. The van der Waals surface area contributed by atoms with Gasteiger partial charge in [0.25, 0.3) is 0 Å². The SMILES string of the molecule is CC(C)C(=O)CC[C@H]1CCCN1. The second kappa shape index (κ2) is 4.61. The van der Waals surface area contributed by atoms with Gasteiger partial charge in [0, 0.05) is 18.4 Å². The summed E-state index contributed by atoms with van der Waals surface area (Å²) in [6.45, 7) is 5.09. The molecule has 0 saturated carbocycles. The Balaban J connectivity index is 2.12. The van der Waals surface area contributed by atoms with E-state index < -0.39 is 0 Å². The first kappa shape index (κ1) is 9.72. The van der Waals surface area contributed by atoms with Crippen LogP contribution in [-0.2, 0) is 4.79 Å². The summed E-state index contributed by atoms with van der Waals surface area (Å²) in [5.41, 5.74) is 0. The Kier molecular flexibility index (Phi) is 3.73. The maximum absolute atomic E-state index is 11.3. The molecule has 1 saturated heterocycles. The molecule has 2 nitrogen and oxygen atoms in total. The Morgan fingerprint density at radius 1 is 1.58 bits per heavy atom. The van der Waals surface area contributed by atoms with Crippen molar-refractivity contribution in [3.8, 4) is 0 Å². The molecule has 0 aromatic rings. The van der Waals surface area contributed by atoms with E-state index in [9.17, 15) is 4.79 Å². The van der Waals surface area contributed by atoms with E-state index in [1.807, 2.05) is 13.8 Å². The van der Waals surface area contributed by atoms with Gasteiger partial charge in [-0.25, -0.2) is 0 Å². The molecule has 12 heavy (non-hydrogen) atoms. The van der Waals surface area contributed by atoms with Crippen molar-refractivity contribution in [1.82, 2.24) is 5.32 Å². The Bertz CT molecular complexity index is 148. The molecular formula is C10H19NO. The fraction of sp³-hybridized carbons (Fsp3) is 0.900. The molecule has 0 aromatic heterocycles. The lowest BCUT2D eigenvalue weighted by Crippen LogP contribution is -2.22. The summed E-state index contributed by atoms with van der Waals surface area (Å²) in [6, 6.07) is 0.618. The normalized spacial score (nSPS) is 23.4. The van der Waals surface area contributed by atoms with Gasteiger partial charge < -0.3 is 5.32 Å². The van der Waals surface area contributed by atoms with Gasteiger partial charge >= 0.3 is 0 Å². The molecular weight excluding hydrogens is 150 g/mol. The summed E-state index contributed by atoms with van der Waals surface area (Å²) in [6.07, 6.45) is 4.33. The molecule has 1 N–H and O–H groups in total. The van der Waals surface area contributed by atoms with Crippen molar-refractivity contribution in [3.63, 3.8) is 0 Å². The van der Waals surface area contributed by atoms with E-state index in [4.69, 9.17) is 0 Å². The minimum atomic E-state index is 0.214. The van der Waals surface area contributed by atoms with Crippen molar-refractivity contribution in [1.29, 1.82) is 0 Å². The summed E-state index contributed by atoms with van der Waals surface area (Å²) in [5.74, 6) is 0.620. The summed E-state index contributed by atoms with van der Waals surface area (Å²) < 4.78 is 0. The topological polar surface area (TPSA) is 29.1 Å². The minimum Gasteiger partial charge on any atom is -0.314 e. The highest BCUT2D eigenvalue weighted by molar-refractivity contribution is 5.80. The predicted octanol–water partition coefficient (Wildman–Crippen LogP) is 1.74. The number of ketones is 1. The molecule has 70 valence electrons. The van der Waals surface area contributed by atoms with Crippen LogP contribution in [0.3, 0.4) is 0 Å². The van der Waals surface area contributed by atoms with Gasteiger partial charge in [-0.2, -0.15) is 0 Å². The molecule has 0 spiro atoms. The predicted molar refractivity (Wildman–Crippen MR) is 50.1 cm³/mol. The second-order valence-corrected chi connectivity index (χ2v) is 3.95. The number of Topliss-reactive ketones (excluding diaryl/α,β-unsaturated/α-hetero) is 1. The van der Waals surface area contributed by atoms with E-state index in [-0.39, 0.29) is 5.92 Å². The maximum atomic E-state index is 11.3. The third kappa shape index (κ3) is 2.94. The quantitative estimate of drug-likeness (QED) is 0.694. The van der Waals surface area contributed by atoms with Crippen LogP contribution in [0.2, 0.25) is 0 Å². The van der Waals surface area contributed by atoms with Gasteiger partial charge in [-0.1, -0.05) is 13.8 Å². The largest absolute Gasteiger partial charge is 0.314 e. The lowest BCUT2D eigenvalue weighted by molar-refractivity contribution is -0.122. The molecule has 1 rings (SSSR count). The molecule has 1 atom stereocenters. The molecule has 0 bridgehead atoms. The first-order valence-corrected chi connectivity index (χ1v) is 4.96. The zero-order valence-electron chi connectivity index (χ0n) is 8.10. The van der Waals surface area contributed by atoms with Crippen molar-refractivity contribution < 1.29 is 4.79 Å². The summed E-state index contributed by atoms with van der Waals surface area (Å²) in [5, 5.41) is 3.40. The molecule has 1 aliphatic heterocycles. The van der Waals surface area contributed by atoms with Crippen LogP contribution in [0.15, 0.2) is 0 Å². The highest BCUT2D eigenvalue weighted by Gasteiger charge is 2.16. The summed E-state index contributed by atoms with van der Waals surface area (Å²) in [4.78, 5) is 11.3. The number of rotatable bonds is 4. The maximum Gasteiger partial charge on any atom is 0.135 e. The Labute approximate surface area is 74.7 Å². The summed E-state index contributed by atoms with van der Waals surface area (Å²) in [7, 11) is 0. The van der Waals surface area contributed by atoms with Gasteiger partial charge in [0.2, 0.25) is 0 Å². The molecule has 1 fully saturated rings. The van der Waals surface area contributed by atoms with Crippen molar-refractivity contribution in [2.45, 2.75) is 45.6 Å².